The summed E-state index contributed by atoms with van der Waals surface area (Å²) < 4.78 is 7.01. The molecule has 0 saturated carbocycles. The highest BCUT2D eigenvalue weighted by Gasteiger charge is 2.24. The Bertz CT molecular complexity index is 1140. The van der Waals surface area contributed by atoms with Crippen molar-refractivity contribution in [3.63, 3.8) is 0 Å². The number of rotatable bonds is 4. The molecule has 3 aromatic rings. The summed E-state index contributed by atoms with van der Waals surface area (Å²) in [4.78, 5) is 36.8. The average molecular weight is 408 g/mol. The van der Waals surface area contributed by atoms with Crippen LogP contribution < -0.4 is 15.2 Å². The fraction of sp³-hybridized carbons (Fsp3) is 0.381. The van der Waals surface area contributed by atoms with Gasteiger partial charge in [0.2, 0.25) is 5.88 Å². The Labute approximate surface area is 173 Å². The van der Waals surface area contributed by atoms with Gasteiger partial charge in [-0.25, -0.2) is 14.6 Å². The van der Waals surface area contributed by atoms with Gasteiger partial charge in [0, 0.05) is 45.0 Å². The van der Waals surface area contributed by atoms with Gasteiger partial charge in [0.1, 0.15) is 12.0 Å². The molecule has 1 aliphatic heterocycles. The highest BCUT2D eigenvalue weighted by atomic mass is 16.5. The summed E-state index contributed by atoms with van der Waals surface area (Å²) in [5.74, 6) is 0.413. The molecule has 156 valence electrons. The third-order valence-electron chi connectivity index (χ3n) is 5.04. The van der Waals surface area contributed by atoms with Crippen molar-refractivity contribution in [3.05, 3.63) is 52.7 Å². The third kappa shape index (κ3) is 3.96. The normalized spacial score (nSPS) is 14.4. The zero-order valence-corrected chi connectivity index (χ0v) is 17.3. The minimum Gasteiger partial charge on any atom is -0.474 e. The maximum Gasteiger partial charge on any atom is 0.274 e. The largest absolute Gasteiger partial charge is 0.474 e. The first-order valence-electron chi connectivity index (χ1n) is 9.92. The van der Waals surface area contributed by atoms with Gasteiger partial charge in [-0.3, -0.25) is 9.59 Å². The zero-order chi connectivity index (χ0) is 21.3. The van der Waals surface area contributed by atoms with Gasteiger partial charge < -0.3 is 14.5 Å². The molecule has 0 unspecified atom stereocenters. The molecular weight excluding hydrogens is 384 g/mol. The maximum atomic E-state index is 12.7. The zero-order valence-electron chi connectivity index (χ0n) is 17.3. The van der Waals surface area contributed by atoms with Crippen molar-refractivity contribution >= 4 is 22.5 Å². The number of aryl methyl sites for hydroxylation is 1. The Hall–Kier alpha value is -3.49. The summed E-state index contributed by atoms with van der Waals surface area (Å²) in [6.45, 7) is 6.46. The Balaban J connectivity index is 1.49. The molecule has 1 saturated heterocycles. The first-order valence-corrected chi connectivity index (χ1v) is 9.92. The molecule has 30 heavy (non-hydrogen) atoms. The van der Waals surface area contributed by atoms with Crippen LogP contribution in [0.25, 0.3) is 10.9 Å². The van der Waals surface area contributed by atoms with Gasteiger partial charge in [0.15, 0.2) is 0 Å². The molecule has 1 amide bonds. The Morgan fingerprint density at radius 1 is 1.07 bits per heavy atom. The van der Waals surface area contributed by atoms with Crippen molar-refractivity contribution in [2.75, 3.05) is 31.1 Å². The lowest BCUT2D eigenvalue weighted by molar-refractivity contribution is 0.0738. The van der Waals surface area contributed by atoms with Crippen LogP contribution in [-0.2, 0) is 7.05 Å². The molecule has 0 aliphatic carbocycles. The van der Waals surface area contributed by atoms with Crippen LogP contribution in [0, 0.1) is 0 Å². The van der Waals surface area contributed by atoms with Gasteiger partial charge in [0.05, 0.1) is 17.0 Å². The number of hydrogen-bond donors (Lipinski definition) is 0. The van der Waals surface area contributed by atoms with Crippen molar-refractivity contribution in [2.45, 2.75) is 20.0 Å². The highest BCUT2D eigenvalue weighted by molar-refractivity contribution is 5.92. The number of aromatic nitrogens is 4. The fourth-order valence-electron chi connectivity index (χ4n) is 3.48. The molecule has 1 fully saturated rings. The van der Waals surface area contributed by atoms with Crippen molar-refractivity contribution in [3.8, 4) is 5.88 Å². The Morgan fingerprint density at radius 2 is 1.83 bits per heavy atom. The smallest absolute Gasteiger partial charge is 0.274 e. The average Bonchev–Trinajstić information content (AvgIpc) is 2.75. The minimum absolute atomic E-state index is 0.0207. The number of carbonyl (C=O) groups excluding carboxylic acids is 1. The molecule has 1 aromatic carbocycles. The standard InChI is InChI=1S/C21H24N6O3/c1-14(2)30-20-16-12-15(4-5-17(16)22-13-23-20)26-8-10-27(11-9-26)21(29)18-6-7-19(28)25(3)24-18/h4-7,12-14H,8-11H2,1-3H3. The number of carbonyl (C=O) groups is 1. The quantitative estimate of drug-likeness (QED) is 0.645. The van der Waals surface area contributed by atoms with Crippen molar-refractivity contribution in [2.24, 2.45) is 7.05 Å². The van der Waals surface area contributed by atoms with Gasteiger partial charge in [-0.1, -0.05) is 0 Å². The predicted molar refractivity (Wildman–Crippen MR) is 113 cm³/mol. The maximum absolute atomic E-state index is 12.7. The number of piperazine rings is 1. The van der Waals surface area contributed by atoms with Crippen LogP contribution in [0.4, 0.5) is 5.69 Å². The third-order valence-corrected chi connectivity index (χ3v) is 5.04. The van der Waals surface area contributed by atoms with Gasteiger partial charge in [-0.15, -0.1) is 0 Å². The number of amides is 1. The van der Waals surface area contributed by atoms with Crippen LogP contribution in [0.2, 0.25) is 0 Å². The van der Waals surface area contributed by atoms with E-state index in [1.54, 1.807) is 4.90 Å². The van der Waals surface area contributed by atoms with E-state index in [1.165, 1.54) is 30.2 Å². The topological polar surface area (TPSA) is 93.5 Å². The van der Waals surface area contributed by atoms with Crippen LogP contribution in [-0.4, -0.2) is 62.8 Å². The van der Waals surface area contributed by atoms with Gasteiger partial charge in [-0.05, 0) is 38.1 Å². The first kappa shape index (κ1) is 19.8. The molecule has 0 N–H and O–H groups in total. The molecule has 9 heteroatoms. The van der Waals surface area contributed by atoms with E-state index >= 15 is 0 Å². The Kier molecular flexibility index (Phi) is 5.35. The second kappa shape index (κ2) is 8.10. The lowest BCUT2D eigenvalue weighted by atomic mass is 10.1. The van der Waals surface area contributed by atoms with E-state index < -0.39 is 0 Å². The number of anilines is 1. The number of ether oxygens (including phenoxy) is 1. The number of fused-ring (bicyclic) bond motifs is 1. The summed E-state index contributed by atoms with van der Waals surface area (Å²) in [5, 5.41) is 4.94. The van der Waals surface area contributed by atoms with E-state index in [0.717, 1.165) is 16.6 Å². The molecule has 0 atom stereocenters. The van der Waals surface area contributed by atoms with E-state index in [0.29, 0.717) is 32.1 Å². The van der Waals surface area contributed by atoms with Crippen molar-refractivity contribution in [1.29, 1.82) is 0 Å². The molecule has 3 heterocycles. The summed E-state index contributed by atoms with van der Waals surface area (Å²) in [7, 11) is 1.54. The number of nitrogens with zero attached hydrogens (tertiary/aromatic N) is 6. The molecule has 0 spiro atoms. The summed E-state index contributed by atoms with van der Waals surface area (Å²) in [6.07, 6.45) is 1.53. The van der Waals surface area contributed by atoms with E-state index in [9.17, 15) is 9.59 Å². The van der Waals surface area contributed by atoms with E-state index in [1.807, 2.05) is 32.0 Å². The van der Waals surface area contributed by atoms with E-state index in [2.05, 4.69) is 20.0 Å². The molecular formula is C21H24N6O3. The van der Waals surface area contributed by atoms with Crippen LogP contribution >= 0.6 is 0 Å². The summed E-state index contributed by atoms with van der Waals surface area (Å²) >= 11 is 0. The van der Waals surface area contributed by atoms with Crippen LogP contribution in [0.1, 0.15) is 24.3 Å². The Morgan fingerprint density at radius 3 is 2.53 bits per heavy atom. The van der Waals surface area contributed by atoms with E-state index in [4.69, 9.17) is 4.74 Å². The molecule has 9 nitrogen and oxygen atoms in total. The van der Waals surface area contributed by atoms with Gasteiger partial charge >= 0.3 is 0 Å². The number of hydrogen-bond acceptors (Lipinski definition) is 7. The molecule has 4 rings (SSSR count). The minimum atomic E-state index is -0.238. The highest BCUT2D eigenvalue weighted by Crippen LogP contribution is 2.28. The lowest BCUT2D eigenvalue weighted by Gasteiger charge is -2.36. The SMILES string of the molecule is CC(C)Oc1ncnc2ccc(N3CCN(C(=O)c4ccc(=O)n(C)n4)CC3)cc12. The molecule has 1 aliphatic rings. The molecule has 2 aromatic heterocycles. The van der Waals surface area contributed by atoms with Crippen molar-refractivity contribution < 1.29 is 9.53 Å². The van der Waals surface area contributed by atoms with Gasteiger partial charge in [-0.2, -0.15) is 5.10 Å². The second-order valence-electron chi connectivity index (χ2n) is 7.51. The lowest BCUT2D eigenvalue weighted by Crippen LogP contribution is -2.49. The second-order valence-corrected chi connectivity index (χ2v) is 7.51. The monoisotopic (exact) mass is 408 g/mol. The fourth-order valence-corrected chi connectivity index (χ4v) is 3.48. The predicted octanol–water partition coefficient (Wildman–Crippen LogP) is 1.47. The van der Waals surface area contributed by atoms with Crippen LogP contribution in [0.3, 0.4) is 0 Å². The first-order chi connectivity index (χ1) is 14.4. The van der Waals surface area contributed by atoms with Gasteiger partial charge in [0.25, 0.3) is 11.5 Å². The number of benzene rings is 1. The molecule has 0 radical (unpaired) electrons. The van der Waals surface area contributed by atoms with Crippen LogP contribution in [0.15, 0.2) is 41.5 Å². The molecule has 0 bridgehead atoms. The van der Waals surface area contributed by atoms with Crippen molar-refractivity contribution in [1.82, 2.24) is 24.6 Å². The van der Waals surface area contributed by atoms with Crippen LogP contribution in [0.5, 0.6) is 5.88 Å². The summed E-state index contributed by atoms with van der Waals surface area (Å²) in [6, 6.07) is 8.88. The summed E-state index contributed by atoms with van der Waals surface area (Å²) in [5.41, 5.74) is 1.92. The van der Waals surface area contributed by atoms with E-state index in [-0.39, 0.29) is 23.3 Å².